The average Bonchev–Trinajstić information content (AvgIpc) is 3.01. The Balaban J connectivity index is 2.19. The topological polar surface area (TPSA) is 55.2 Å². The lowest BCUT2D eigenvalue weighted by molar-refractivity contribution is -0.384. The summed E-state index contributed by atoms with van der Waals surface area (Å²) in [7, 11) is 0. The van der Waals surface area contributed by atoms with Crippen LogP contribution in [0.2, 0.25) is 5.02 Å². The highest BCUT2D eigenvalue weighted by molar-refractivity contribution is 6.33. The number of hydrogen-bond acceptors (Lipinski definition) is 3. The van der Waals surface area contributed by atoms with Crippen molar-refractivity contribution in [2.24, 2.45) is 5.92 Å². The van der Waals surface area contributed by atoms with E-state index in [2.05, 4.69) is 12.2 Å². The molecule has 2 rings (SSSR count). The normalized spacial score (nSPS) is 22.3. The minimum absolute atomic E-state index is 0.0300. The number of aryl methyl sites for hydroxylation is 1. The molecule has 1 aliphatic carbocycles. The van der Waals surface area contributed by atoms with Crippen LogP contribution in [0.1, 0.15) is 25.3 Å². The Kier molecular flexibility index (Phi) is 3.24. The van der Waals surface area contributed by atoms with Crippen LogP contribution in [0.5, 0.6) is 0 Å². The Labute approximate surface area is 105 Å². The third-order valence-electron chi connectivity index (χ3n) is 3.28. The van der Waals surface area contributed by atoms with Gasteiger partial charge in [-0.1, -0.05) is 24.9 Å². The lowest BCUT2D eigenvalue weighted by atomic mass is 10.1. The van der Waals surface area contributed by atoms with Gasteiger partial charge in [0.1, 0.15) is 5.02 Å². The fraction of sp³-hybridized carbons (Fsp3) is 0.500. The van der Waals surface area contributed by atoms with Gasteiger partial charge in [0.2, 0.25) is 0 Å². The van der Waals surface area contributed by atoms with Gasteiger partial charge in [-0.2, -0.15) is 0 Å². The maximum atomic E-state index is 10.7. The van der Waals surface area contributed by atoms with Crippen LogP contribution in [0.4, 0.5) is 11.4 Å². The van der Waals surface area contributed by atoms with Crippen LogP contribution in [0.25, 0.3) is 0 Å². The predicted molar refractivity (Wildman–Crippen MR) is 68.7 cm³/mol. The van der Waals surface area contributed by atoms with Gasteiger partial charge in [-0.3, -0.25) is 10.1 Å². The van der Waals surface area contributed by atoms with Crippen molar-refractivity contribution < 1.29 is 4.92 Å². The van der Waals surface area contributed by atoms with Gasteiger partial charge < -0.3 is 5.32 Å². The molecule has 1 fully saturated rings. The van der Waals surface area contributed by atoms with Crippen LogP contribution < -0.4 is 5.32 Å². The van der Waals surface area contributed by atoms with E-state index in [1.54, 1.807) is 6.07 Å². The van der Waals surface area contributed by atoms with Crippen molar-refractivity contribution in [3.05, 3.63) is 32.8 Å². The molecule has 0 heterocycles. The van der Waals surface area contributed by atoms with E-state index in [-0.39, 0.29) is 10.7 Å². The molecule has 0 aliphatic heterocycles. The Morgan fingerprint density at radius 1 is 1.59 bits per heavy atom. The SMILES string of the molecule is CCC1CC1Nc1cc(Cl)c([N+](=O)[O-])cc1C. The smallest absolute Gasteiger partial charge is 0.288 e. The van der Waals surface area contributed by atoms with Gasteiger partial charge in [-0.15, -0.1) is 0 Å². The van der Waals surface area contributed by atoms with E-state index < -0.39 is 4.92 Å². The number of anilines is 1. The summed E-state index contributed by atoms with van der Waals surface area (Å²) in [6.45, 7) is 4.02. The zero-order valence-electron chi connectivity index (χ0n) is 9.87. The minimum Gasteiger partial charge on any atom is -0.382 e. The van der Waals surface area contributed by atoms with E-state index in [0.717, 1.165) is 23.6 Å². The van der Waals surface area contributed by atoms with Gasteiger partial charge >= 0.3 is 0 Å². The third-order valence-corrected chi connectivity index (χ3v) is 3.58. The first kappa shape index (κ1) is 12.2. The molecule has 0 saturated heterocycles. The molecule has 1 aromatic carbocycles. The fourth-order valence-corrected chi connectivity index (χ4v) is 2.27. The Bertz CT molecular complexity index is 462. The minimum atomic E-state index is -0.453. The first-order chi connectivity index (χ1) is 8.02. The Morgan fingerprint density at radius 2 is 2.29 bits per heavy atom. The molecule has 17 heavy (non-hydrogen) atoms. The number of hydrogen-bond donors (Lipinski definition) is 1. The molecule has 0 spiro atoms. The highest BCUT2D eigenvalue weighted by atomic mass is 35.5. The number of nitrogens with zero attached hydrogens (tertiary/aromatic N) is 1. The molecule has 1 N–H and O–H groups in total. The van der Waals surface area contributed by atoms with Crippen LogP contribution in [-0.4, -0.2) is 11.0 Å². The molecule has 92 valence electrons. The third kappa shape index (κ3) is 2.52. The molecular formula is C12H15ClN2O2. The van der Waals surface area contributed by atoms with E-state index in [1.807, 2.05) is 6.92 Å². The van der Waals surface area contributed by atoms with Gasteiger partial charge in [0.25, 0.3) is 5.69 Å². The lowest BCUT2D eigenvalue weighted by Gasteiger charge is -2.09. The largest absolute Gasteiger partial charge is 0.382 e. The fourth-order valence-electron chi connectivity index (χ4n) is 2.04. The molecule has 0 radical (unpaired) electrons. The van der Waals surface area contributed by atoms with E-state index in [4.69, 9.17) is 11.6 Å². The molecule has 4 nitrogen and oxygen atoms in total. The second kappa shape index (κ2) is 4.53. The summed E-state index contributed by atoms with van der Waals surface area (Å²) in [5.74, 6) is 0.725. The van der Waals surface area contributed by atoms with Gasteiger partial charge in [0.05, 0.1) is 4.92 Å². The summed E-state index contributed by atoms with van der Waals surface area (Å²) < 4.78 is 0. The van der Waals surface area contributed by atoms with Crippen LogP contribution in [0.15, 0.2) is 12.1 Å². The van der Waals surface area contributed by atoms with Crippen molar-refractivity contribution in [2.75, 3.05) is 5.32 Å². The first-order valence-corrected chi connectivity index (χ1v) is 6.11. The molecule has 0 aromatic heterocycles. The predicted octanol–water partition coefficient (Wildman–Crippen LogP) is 3.77. The van der Waals surface area contributed by atoms with E-state index >= 15 is 0 Å². The number of rotatable bonds is 4. The molecule has 0 amide bonds. The van der Waals surface area contributed by atoms with Gasteiger partial charge in [-0.05, 0) is 30.9 Å². The first-order valence-electron chi connectivity index (χ1n) is 5.74. The lowest BCUT2D eigenvalue weighted by Crippen LogP contribution is -2.06. The number of nitro benzene ring substituents is 1. The average molecular weight is 255 g/mol. The molecule has 5 heteroatoms. The highest BCUT2D eigenvalue weighted by Crippen LogP contribution is 2.38. The summed E-state index contributed by atoms with van der Waals surface area (Å²) in [6, 6.07) is 3.67. The summed E-state index contributed by atoms with van der Waals surface area (Å²) in [6.07, 6.45) is 2.34. The van der Waals surface area contributed by atoms with Crippen molar-refractivity contribution in [1.29, 1.82) is 0 Å². The maximum Gasteiger partial charge on any atom is 0.288 e. The highest BCUT2D eigenvalue weighted by Gasteiger charge is 2.35. The standard InChI is InChI=1S/C12H15ClN2O2/c1-3-8-5-11(8)14-10-6-9(13)12(15(16)17)4-7(10)2/h4,6,8,11,14H,3,5H2,1-2H3. The monoisotopic (exact) mass is 254 g/mol. The number of benzene rings is 1. The van der Waals surface area contributed by atoms with Crippen molar-refractivity contribution in [2.45, 2.75) is 32.7 Å². The van der Waals surface area contributed by atoms with E-state index in [0.29, 0.717) is 6.04 Å². The molecule has 2 unspecified atom stereocenters. The zero-order valence-corrected chi connectivity index (χ0v) is 10.6. The molecule has 1 saturated carbocycles. The van der Waals surface area contributed by atoms with Crippen LogP contribution in [0, 0.1) is 23.0 Å². The molecule has 1 aromatic rings. The molecule has 1 aliphatic rings. The van der Waals surface area contributed by atoms with Crippen molar-refractivity contribution in [1.82, 2.24) is 0 Å². The number of nitro groups is 1. The van der Waals surface area contributed by atoms with Crippen LogP contribution in [-0.2, 0) is 0 Å². The van der Waals surface area contributed by atoms with Crippen molar-refractivity contribution in [3.63, 3.8) is 0 Å². The second-order valence-corrected chi connectivity index (χ2v) is 4.94. The van der Waals surface area contributed by atoms with Gasteiger partial charge in [-0.25, -0.2) is 0 Å². The van der Waals surface area contributed by atoms with E-state index in [9.17, 15) is 10.1 Å². The van der Waals surface area contributed by atoms with Crippen LogP contribution in [0.3, 0.4) is 0 Å². The van der Waals surface area contributed by atoms with Crippen molar-refractivity contribution >= 4 is 23.0 Å². The number of nitrogens with one attached hydrogen (secondary N) is 1. The van der Waals surface area contributed by atoms with Gasteiger partial charge in [0.15, 0.2) is 0 Å². The summed E-state index contributed by atoms with van der Waals surface area (Å²) >= 11 is 5.89. The molecule has 0 bridgehead atoms. The molecule has 2 atom stereocenters. The van der Waals surface area contributed by atoms with Crippen molar-refractivity contribution in [3.8, 4) is 0 Å². The maximum absolute atomic E-state index is 10.7. The second-order valence-electron chi connectivity index (χ2n) is 4.53. The summed E-state index contributed by atoms with van der Waals surface area (Å²) in [5.41, 5.74) is 1.74. The summed E-state index contributed by atoms with van der Waals surface area (Å²) in [4.78, 5) is 10.3. The van der Waals surface area contributed by atoms with Gasteiger partial charge in [0, 0.05) is 17.8 Å². The number of halogens is 1. The summed E-state index contributed by atoms with van der Waals surface area (Å²) in [5, 5.41) is 14.3. The zero-order chi connectivity index (χ0) is 12.6. The van der Waals surface area contributed by atoms with Crippen LogP contribution >= 0.6 is 11.6 Å². The molecular weight excluding hydrogens is 240 g/mol. The Morgan fingerprint density at radius 3 is 2.82 bits per heavy atom. The van der Waals surface area contributed by atoms with E-state index in [1.165, 1.54) is 12.5 Å². The Hall–Kier alpha value is -1.29. The quantitative estimate of drug-likeness (QED) is 0.657.